The zero-order valence-corrected chi connectivity index (χ0v) is 19.2. The van der Waals surface area contributed by atoms with Gasteiger partial charge in [-0.25, -0.2) is 9.79 Å². The second-order valence-corrected chi connectivity index (χ2v) is 8.87. The van der Waals surface area contributed by atoms with Gasteiger partial charge < -0.3 is 14.4 Å². The molecule has 2 aromatic carbocycles. The normalized spacial score (nSPS) is 13.4. The number of carbonyl (C=O) groups is 1. The first kappa shape index (κ1) is 22.8. The Morgan fingerprint density at radius 3 is 2.42 bits per heavy atom. The van der Waals surface area contributed by atoms with Crippen LogP contribution in [-0.2, 0) is 16.6 Å². The number of pyridine rings is 1. The molecule has 6 heteroatoms. The molecule has 5 nitrogen and oxygen atoms in total. The first-order chi connectivity index (χ1) is 14.5. The van der Waals surface area contributed by atoms with E-state index in [1.54, 1.807) is 12.1 Å². The summed E-state index contributed by atoms with van der Waals surface area (Å²) in [5, 5.41) is 11.6. The van der Waals surface area contributed by atoms with Crippen molar-refractivity contribution in [1.82, 2.24) is 4.57 Å². The van der Waals surface area contributed by atoms with Gasteiger partial charge >= 0.3 is 5.97 Å². The summed E-state index contributed by atoms with van der Waals surface area (Å²) in [5.74, 6) is -1.03. The van der Waals surface area contributed by atoms with Crippen molar-refractivity contribution < 1.29 is 14.6 Å². The van der Waals surface area contributed by atoms with Crippen LogP contribution in [0.15, 0.2) is 60.2 Å². The van der Waals surface area contributed by atoms with Crippen LogP contribution in [0.5, 0.6) is 0 Å². The molecule has 0 saturated carbocycles. The zero-order chi connectivity index (χ0) is 22.9. The van der Waals surface area contributed by atoms with Crippen LogP contribution in [-0.4, -0.2) is 21.2 Å². The third-order valence-electron chi connectivity index (χ3n) is 5.01. The molecule has 31 heavy (non-hydrogen) atoms. The summed E-state index contributed by atoms with van der Waals surface area (Å²) in [5.41, 5.74) is 4.16. The second-order valence-electron chi connectivity index (χ2n) is 8.43. The Bertz CT molecular complexity index is 1220. The van der Waals surface area contributed by atoms with Crippen molar-refractivity contribution in [1.29, 1.82) is 0 Å². The largest absolute Gasteiger partial charge is 0.479 e. The van der Waals surface area contributed by atoms with Gasteiger partial charge in [-0.15, -0.1) is 0 Å². The van der Waals surface area contributed by atoms with Gasteiger partial charge in [-0.3, -0.25) is 0 Å². The molecule has 1 heterocycles. The van der Waals surface area contributed by atoms with Crippen molar-refractivity contribution in [2.75, 3.05) is 0 Å². The number of nitrogens with zero attached hydrogens (tertiary/aromatic N) is 2. The van der Waals surface area contributed by atoms with Gasteiger partial charge in [0.15, 0.2) is 6.10 Å². The van der Waals surface area contributed by atoms with E-state index in [1.165, 1.54) is 6.20 Å². The van der Waals surface area contributed by atoms with E-state index in [9.17, 15) is 9.90 Å². The Morgan fingerprint density at radius 1 is 1.23 bits per heavy atom. The number of hydrogen-bond donors (Lipinski definition) is 1. The van der Waals surface area contributed by atoms with Gasteiger partial charge in [-0.05, 0) is 74.7 Å². The minimum absolute atomic E-state index is 0.612. The van der Waals surface area contributed by atoms with E-state index >= 15 is 0 Å². The fraction of sp³-hybridized carbons (Fsp3) is 0.280. The van der Waals surface area contributed by atoms with Gasteiger partial charge in [-0.2, -0.15) is 0 Å². The molecular weight excluding hydrogens is 412 g/mol. The quantitative estimate of drug-likeness (QED) is 0.548. The van der Waals surface area contributed by atoms with Crippen molar-refractivity contribution in [3.8, 4) is 11.1 Å². The highest BCUT2D eigenvalue weighted by atomic mass is 35.5. The fourth-order valence-electron chi connectivity index (χ4n) is 3.75. The summed E-state index contributed by atoms with van der Waals surface area (Å²) in [6.45, 7) is 11.1. The third-order valence-corrected chi connectivity index (χ3v) is 5.26. The van der Waals surface area contributed by atoms with E-state index in [-0.39, 0.29) is 0 Å². The molecule has 0 bridgehead atoms. The number of aryl methyl sites for hydroxylation is 2. The second kappa shape index (κ2) is 8.69. The van der Waals surface area contributed by atoms with Gasteiger partial charge in [-0.1, -0.05) is 30.3 Å². The van der Waals surface area contributed by atoms with Crippen molar-refractivity contribution in [2.45, 2.75) is 39.4 Å². The van der Waals surface area contributed by atoms with E-state index in [0.717, 1.165) is 33.1 Å². The van der Waals surface area contributed by atoms with Crippen LogP contribution < -0.4 is 5.49 Å². The molecule has 162 valence electrons. The first-order valence-electron chi connectivity index (χ1n) is 9.98. The Morgan fingerprint density at radius 2 is 1.87 bits per heavy atom. The molecule has 0 radical (unpaired) electrons. The number of aromatic nitrogens is 1. The standard InChI is InChI=1S/C25H27ClN2O3/c1-7-27-20-13-12-18-19(28(20)6)14-15(2)21(23(24(29)30)31-25(3,4)5)22(18)16-8-10-17(26)11-9-16/h7-14,23H,1H2,2-6H3,(H,29,30). The predicted molar refractivity (Wildman–Crippen MR) is 125 cm³/mol. The number of halogens is 1. The lowest BCUT2D eigenvalue weighted by molar-refractivity contribution is -0.160. The molecule has 0 saturated heterocycles. The average Bonchev–Trinajstić information content (AvgIpc) is 2.68. The zero-order valence-electron chi connectivity index (χ0n) is 18.4. The summed E-state index contributed by atoms with van der Waals surface area (Å²) in [7, 11) is 1.93. The summed E-state index contributed by atoms with van der Waals surface area (Å²) < 4.78 is 8.00. The Hall–Kier alpha value is -2.89. The first-order valence-corrected chi connectivity index (χ1v) is 10.4. The van der Waals surface area contributed by atoms with E-state index < -0.39 is 17.7 Å². The highest BCUT2D eigenvalue weighted by Crippen LogP contribution is 2.40. The maximum absolute atomic E-state index is 12.3. The monoisotopic (exact) mass is 438 g/mol. The lowest BCUT2D eigenvalue weighted by Crippen LogP contribution is -2.28. The maximum Gasteiger partial charge on any atom is 0.337 e. The van der Waals surface area contributed by atoms with Crippen molar-refractivity contribution in [2.24, 2.45) is 12.0 Å². The summed E-state index contributed by atoms with van der Waals surface area (Å²) in [4.78, 5) is 16.7. The van der Waals surface area contributed by atoms with Gasteiger partial charge in [0.05, 0.1) is 11.1 Å². The van der Waals surface area contributed by atoms with Gasteiger partial charge in [0.2, 0.25) is 0 Å². The highest BCUT2D eigenvalue weighted by Gasteiger charge is 2.31. The lowest BCUT2D eigenvalue weighted by Gasteiger charge is -2.28. The molecule has 1 unspecified atom stereocenters. The van der Waals surface area contributed by atoms with Crippen LogP contribution in [0.4, 0.5) is 0 Å². The number of carboxylic acids is 1. The van der Waals surface area contributed by atoms with Crippen LogP contribution in [0, 0.1) is 6.92 Å². The van der Waals surface area contributed by atoms with Crippen LogP contribution in [0.2, 0.25) is 5.02 Å². The smallest absolute Gasteiger partial charge is 0.337 e. The molecule has 0 aliphatic carbocycles. The molecule has 0 fully saturated rings. The van der Waals surface area contributed by atoms with E-state index in [2.05, 4.69) is 11.6 Å². The average molecular weight is 439 g/mol. The summed E-state index contributed by atoms with van der Waals surface area (Å²) in [6, 6.07) is 13.2. The molecule has 3 rings (SSSR count). The van der Waals surface area contributed by atoms with Gasteiger partial charge in [0, 0.05) is 29.2 Å². The van der Waals surface area contributed by atoms with E-state index in [1.807, 2.05) is 69.6 Å². The molecule has 1 N–H and O–H groups in total. The minimum Gasteiger partial charge on any atom is -0.479 e. The molecule has 0 aliphatic heterocycles. The summed E-state index contributed by atoms with van der Waals surface area (Å²) >= 11 is 6.12. The molecule has 0 aliphatic rings. The number of carboxylic acid groups (broad SMARTS) is 1. The minimum atomic E-state index is -1.13. The lowest BCUT2D eigenvalue weighted by atomic mass is 9.88. The van der Waals surface area contributed by atoms with Crippen LogP contribution in [0.25, 0.3) is 22.0 Å². The Kier molecular flexibility index (Phi) is 6.39. The van der Waals surface area contributed by atoms with Crippen LogP contribution >= 0.6 is 11.6 Å². The number of rotatable bonds is 5. The number of aliphatic carboxylic acids is 1. The van der Waals surface area contributed by atoms with Crippen molar-refractivity contribution >= 4 is 28.5 Å². The molecule has 3 aromatic rings. The molecular formula is C25H27ClN2O3. The van der Waals surface area contributed by atoms with Crippen molar-refractivity contribution in [3.05, 3.63) is 76.9 Å². The van der Waals surface area contributed by atoms with E-state index in [0.29, 0.717) is 10.6 Å². The number of hydrogen-bond acceptors (Lipinski definition) is 3. The predicted octanol–water partition coefficient (Wildman–Crippen LogP) is 5.79. The van der Waals surface area contributed by atoms with Gasteiger partial charge in [0.25, 0.3) is 0 Å². The molecule has 1 aromatic heterocycles. The third kappa shape index (κ3) is 4.73. The van der Waals surface area contributed by atoms with Gasteiger partial charge in [0.1, 0.15) is 5.49 Å². The van der Waals surface area contributed by atoms with Crippen molar-refractivity contribution in [3.63, 3.8) is 0 Å². The molecule has 0 spiro atoms. The summed E-state index contributed by atoms with van der Waals surface area (Å²) in [6.07, 6.45) is 0.373. The molecule has 1 atom stereocenters. The maximum atomic E-state index is 12.3. The highest BCUT2D eigenvalue weighted by molar-refractivity contribution is 6.30. The number of benzene rings is 2. The fourth-order valence-corrected chi connectivity index (χ4v) is 3.87. The van der Waals surface area contributed by atoms with E-state index in [4.69, 9.17) is 16.3 Å². The topological polar surface area (TPSA) is 63.8 Å². The SMILES string of the molecule is C=CN=c1ccc2c(-c3ccc(Cl)cc3)c(C(OC(C)(C)C)C(=O)O)c(C)cc2n1C. The molecule has 0 amide bonds. The number of ether oxygens (including phenoxy) is 1. The Labute approximate surface area is 187 Å². The Balaban J connectivity index is 2.47. The van der Waals surface area contributed by atoms with Crippen LogP contribution in [0.3, 0.4) is 0 Å². The number of fused-ring (bicyclic) bond motifs is 1. The van der Waals surface area contributed by atoms with Crippen LogP contribution in [0.1, 0.15) is 38.0 Å².